The fourth-order valence-corrected chi connectivity index (χ4v) is 4.56. The van der Waals surface area contributed by atoms with Crippen molar-refractivity contribution in [2.24, 2.45) is 0 Å². The standard InChI is InChI=1S/C23H31N3O/c1-17-6-8-19(9-7-17)22-16-21(18(2)24-22)23(27)26-14-10-20(11-15-26)25-12-4-3-5-13-25/h6-9,16,20,24H,3-5,10-15H2,1-2H3. The van der Waals surface area contributed by atoms with Gasteiger partial charge in [-0.1, -0.05) is 36.2 Å². The smallest absolute Gasteiger partial charge is 0.255 e. The van der Waals surface area contributed by atoms with Gasteiger partial charge in [0.05, 0.1) is 5.56 Å². The van der Waals surface area contributed by atoms with Gasteiger partial charge >= 0.3 is 0 Å². The molecule has 1 aromatic heterocycles. The summed E-state index contributed by atoms with van der Waals surface area (Å²) in [6.07, 6.45) is 6.27. The highest BCUT2D eigenvalue weighted by Gasteiger charge is 2.29. The minimum Gasteiger partial charge on any atom is -0.358 e. The van der Waals surface area contributed by atoms with Gasteiger partial charge in [0, 0.05) is 30.5 Å². The second-order valence-electron chi connectivity index (χ2n) is 8.21. The average molecular weight is 366 g/mol. The Morgan fingerprint density at radius 3 is 2.30 bits per heavy atom. The molecule has 2 aromatic rings. The van der Waals surface area contributed by atoms with Gasteiger partial charge in [-0.3, -0.25) is 4.79 Å². The van der Waals surface area contributed by atoms with E-state index in [1.807, 2.05) is 13.0 Å². The predicted molar refractivity (Wildman–Crippen MR) is 110 cm³/mol. The van der Waals surface area contributed by atoms with Crippen molar-refractivity contribution in [3.8, 4) is 11.3 Å². The molecule has 0 atom stereocenters. The molecule has 4 rings (SSSR count). The van der Waals surface area contributed by atoms with E-state index in [2.05, 4.69) is 46.0 Å². The van der Waals surface area contributed by atoms with E-state index >= 15 is 0 Å². The highest BCUT2D eigenvalue weighted by atomic mass is 16.2. The van der Waals surface area contributed by atoms with E-state index in [0.717, 1.165) is 48.4 Å². The lowest BCUT2D eigenvalue weighted by atomic mass is 9.99. The quantitative estimate of drug-likeness (QED) is 0.876. The maximum absolute atomic E-state index is 13.1. The summed E-state index contributed by atoms with van der Waals surface area (Å²) >= 11 is 0. The molecule has 144 valence electrons. The van der Waals surface area contributed by atoms with Crippen LogP contribution in [0.15, 0.2) is 30.3 Å². The second kappa shape index (κ2) is 7.89. The molecule has 0 bridgehead atoms. The van der Waals surface area contributed by atoms with Crippen LogP contribution in [0.25, 0.3) is 11.3 Å². The molecule has 0 saturated carbocycles. The van der Waals surface area contributed by atoms with Crippen molar-refractivity contribution >= 4 is 5.91 Å². The highest BCUT2D eigenvalue weighted by Crippen LogP contribution is 2.26. The van der Waals surface area contributed by atoms with Gasteiger partial charge in [-0.15, -0.1) is 0 Å². The van der Waals surface area contributed by atoms with Crippen LogP contribution in [-0.4, -0.2) is 52.9 Å². The van der Waals surface area contributed by atoms with E-state index in [1.165, 1.54) is 37.9 Å². The molecule has 1 amide bonds. The fraction of sp³-hybridized carbons (Fsp3) is 0.522. The number of amides is 1. The molecule has 0 aliphatic carbocycles. The van der Waals surface area contributed by atoms with E-state index in [-0.39, 0.29) is 5.91 Å². The van der Waals surface area contributed by atoms with Crippen LogP contribution in [0.1, 0.15) is 53.7 Å². The van der Waals surface area contributed by atoms with Crippen LogP contribution in [0.2, 0.25) is 0 Å². The van der Waals surface area contributed by atoms with Gasteiger partial charge in [0.2, 0.25) is 0 Å². The number of benzene rings is 1. The Hall–Kier alpha value is -2.07. The van der Waals surface area contributed by atoms with E-state index < -0.39 is 0 Å². The Morgan fingerprint density at radius 1 is 0.963 bits per heavy atom. The lowest BCUT2D eigenvalue weighted by Gasteiger charge is -2.40. The van der Waals surface area contributed by atoms with Crippen molar-refractivity contribution in [1.29, 1.82) is 0 Å². The minimum absolute atomic E-state index is 0.180. The van der Waals surface area contributed by atoms with Crippen LogP contribution in [0, 0.1) is 13.8 Å². The van der Waals surface area contributed by atoms with Crippen LogP contribution in [0.5, 0.6) is 0 Å². The first-order valence-electron chi connectivity index (χ1n) is 10.4. The zero-order chi connectivity index (χ0) is 18.8. The fourth-order valence-electron chi connectivity index (χ4n) is 4.56. The van der Waals surface area contributed by atoms with Gasteiger partial charge in [-0.2, -0.15) is 0 Å². The normalized spacial score (nSPS) is 19.4. The monoisotopic (exact) mass is 365 g/mol. The molecular formula is C23H31N3O. The van der Waals surface area contributed by atoms with Crippen molar-refractivity contribution in [2.45, 2.75) is 52.0 Å². The van der Waals surface area contributed by atoms with Gasteiger partial charge in [-0.05, 0) is 64.3 Å². The van der Waals surface area contributed by atoms with Gasteiger partial charge in [0.25, 0.3) is 5.91 Å². The number of carbonyl (C=O) groups excluding carboxylic acids is 1. The Labute approximate surface area is 162 Å². The molecule has 0 unspecified atom stereocenters. The number of nitrogens with one attached hydrogen (secondary N) is 1. The van der Waals surface area contributed by atoms with Crippen molar-refractivity contribution in [3.63, 3.8) is 0 Å². The van der Waals surface area contributed by atoms with Crippen molar-refractivity contribution in [1.82, 2.24) is 14.8 Å². The SMILES string of the molecule is Cc1ccc(-c2cc(C(=O)N3CCC(N4CCCCC4)CC3)c(C)[nH]2)cc1. The maximum Gasteiger partial charge on any atom is 0.255 e. The number of piperidine rings is 2. The first-order valence-corrected chi connectivity index (χ1v) is 10.4. The minimum atomic E-state index is 0.180. The summed E-state index contributed by atoms with van der Waals surface area (Å²) < 4.78 is 0. The molecule has 1 aromatic carbocycles. The Kier molecular flexibility index (Phi) is 5.35. The molecule has 4 nitrogen and oxygen atoms in total. The third-order valence-electron chi connectivity index (χ3n) is 6.27. The predicted octanol–water partition coefficient (Wildman–Crippen LogP) is 4.39. The Morgan fingerprint density at radius 2 is 1.63 bits per heavy atom. The molecule has 27 heavy (non-hydrogen) atoms. The van der Waals surface area contributed by atoms with Crippen LogP contribution < -0.4 is 0 Å². The van der Waals surface area contributed by atoms with Gasteiger partial charge < -0.3 is 14.8 Å². The van der Waals surface area contributed by atoms with Crippen LogP contribution in [-0.2, 0) is 0 Å². The average Bonchev–Trinajstić information content (AvgIpc) is 3.10. The number of nitrogens with zero attached hydrogens (tertiary/aromatic N) is 2. The lowest BCUT2D eigenvalue weighted by Crippen LogP contribution is -2.48. The molecule has 4 heteroatoms. The third kappa shape index (κ3) is 3.96. The molecule has 2 saturated heterocycles. The number of carbonyl (C=O) groups is 1. The largest absolute Gasteiger partial charge is 0.358 e. The summed E-state index contributed by atoms with van der Waals surface area (Å²) in [7, 11) is 0. The van der Waals surface area contributed by atoms with E-state index in [1.54, 1.807) is 0 Å². The number of hydrogen-bond acceptors (Lipinski definition) is 2. The highest BCUT2D eigenvalue weighted by molar-refractivity contribution is 5.96. The molecule has 0 spiro atoms. The van der Waals surface area contributed by atoms with Gasteiger partial charge in [-0.25, -0.2) is 0 Å². The van der Waals surface area contributed by atoms with Crippen molar-refractivity contribution < 1.29 is 4.79 Å². The summed E-state index contributed by atoms with van der Waals surface area (Å²) in [5, 5.41) is 0. The number of likely N-dealkylation sites (tertiary alicyclic amines) is 2. The summed E-state index contributed by atoms with van der Waals surface area (Å²) in [4.78, 5) is 21.2. The summed E-state index contributed by atoms with van der Waals surface area (Å²) in [6.45, 7) is 8.34. The van der Waals surface area contributed by atoms with E-state index in [4.69, 9.17) is 0 Å². The zero-order valence-electron chi connectivity index (χ0n) is 16.6. The van der Waals surface area contributed by atoms with Gasteiger partial charge in [0.1, 0.15) is 0 Å². The number of aromatic nitrogens is 1. The van der Waals surface area contributed by atoms with Gasteiger partial charge in [0.15, 0.2) is 0 Å². The van der Waals surface area contributed by atoms with Crippen LogP contribution in [0.3, 0.4) is 0 Å². The number of rotatable bonds is 3. The number of aromatic amines is 1. The number of H-pyrrole nitrogens is 1. The molecule has 2 aliphatic heterocycles. The van der Waals surface area contributed by atoms with E-state index in [0.29, 0.717) is 6.04 Å². The first kappa shape index (κ1) is 18.3. The molecule has 3 heterocycles. The van der Waals surface area contributed by atoms with E-state index in [9.17, 15) is 4.79 Å². The zero-order valence-corrected chi connectivity index (χ0v) is 16.6. The topological polar surface area (TPSA) is 39.3 Å². The molecule has 2 fully saturated rings. The summed E-state index contributed by atoms with van der Waals surface area (Å²) in [5.41, 5.74) is 5.19. The Balaban J connectivity index is 1.42. The van der Waals surface area contributed by atoms with Crippen molar-refractivity contribution in [3.05, 3.63) is 47.2 Å². The van der Waals surface area contributed by atoms with Crippen LogP contribution >= 0.6 is 0 Å². The van der Waals surface area contributed by atoms with Crippen molar-refractivity contribution in [2.75, 3.05) is 26.2 Å². The number of hydrogen-bond donors (Lipinski definition) is 1. The molecule has 2 aliphatic rings. The molecular weight excluding hydrogens is 334 g/mol. The second-order valence-corrected chi connectivity index (χ2v) is 8.21. The molecule has 1 N–H and O–H groups in total. The lowest BCUT2D eigenvalue weighted by molar-refractivity contribution is 0.0589. The van der Waals surface area contributed by atoms with Crippen LogP contribution in [0.4, 0.5) is 0 Å². The summed E-state index contributed by atoms with van der Waals surface area (Å²) in [6, 6.07) is 11.1. The first-order chi connectivity index (χ1) is 13.1. The molecule has 0 radical (unpaired) electrons. The number of aryl methyl sites for hydroxylation is 2. The summed E-state index contributed by atoms with van der Waals surface area (Å²) in [5.74, 6) is 0.180. The Bertz CT molecular complexity index is 778. The maximum atomic E-state index is 13.1. The third-order valence-corrected chi connectivity index (χ3v) is 6.27.